The van der Waals surface area contributed by atoms with Gasteiger partial charge in [-0.25, -0.2) is 8.42 Å². The van der Waals surface area contributed by atoms with Crippen LogP contribution in [0.15, 0.2) is 24.3 Å². The Balaban J connectivity index is 0.000000353. The highest BCUT2D eigenvalue weighted by molar-refractivity contribution is 7.80. The average Bonchev–Trinajstić information content (AvgIpc) is 2.93. The van der Waals surface area contributed by atoms with Crippen LogP contribution in [-0.2, 0) is 14.6 Å². The molecule has 1 aromatic rings. The van der Waals surface area contributed by atoms with Gasteiger partial charge in [-0.1, -0.05) is 12.1 Å². The van der Waals surface area contributed by atoms with Gasteiger partial charge in [0.2, 0.25) is 10.4 Å². The first kappa shape index (κ1) is 21.9. The Labute approximate surface area is 172 Å². The van der Waals surface area contributed by atoms with Gasteiger partial charge in [-0.15, -0.1) is 0 Å². The highest BCUT2D eigenvalue weighted by Crippen LogP contribution is 2.37. The van der Waals surface area contributed by atoms with Crippen LogP contribution in [0.25, 0.3) is 0 Å². The maximum absolute atomic E-state index is 12.6. The van der Waals surface area contributed by atoms with Crippen molar-refractivity contribution in [2.24, 2.45) is 5.92 Å². The highest BCUT2D eigenvalue weighted by atomic mass is 32.3. The first-order valence-corrected chi connectivity index (χ1v) is 11.3. The van der Waals surface area contributed by atoms with E-state index < -0.39 is 10.4 Å². The molecule has 2 amide bonds. The summed E-state index contributed by atoms with van der Waals surface area (Å²) in [6.07, 6.45) is 6.20. The molecule has 0 N–H and O–H groups in total. The molecule has 3 heterocycles. The maximum atomic E-state index is 12.6. The number of quaternary nitrogens is 1. The smallest absolute Gasteiger partial charge is 0.261 e. The lowest BCUT2D eigenvalue weighted by molar-refractivity contribution is -0.947. The molecule has 3 aliphatic heterocycles. The van der Waals surface area contributed by atoms with Gasteiger partial charge in [-0.3, -0.25) is 18.7 Å². The summed E-state index contributed by atoms with van der Waals surface area (Å²) in [6.45, 7) is 3.11. The van der Waals surface area contributed by atoms with Gasteiger partial charge < -0.3 is 9.04 Å². The molecular formula is C20H28N2O6S. The molecule has 160 valence electrons. The quantitative estimate of drug-likeness (QED) is 0.317. The number of imide groups is 1. The Bertz CT molecular complexity index is 848. The van der Waals surface area contributed by atoms with Crippen molar-refractivity contribution in [1.29, 1.82) is 0 Å². The third-order valence-electron chi connectivity index (χ3n) is 6.51. The summed E-state index contributed by atoms with van der Waals surface area (Å²) in [4.78, 5) is 26.8. The van der Waals surface area contributed by atoms with E-state index in [4.69, 9.17) is 0 Å². The molecule has 0 bridgehead atoms. The molecule has 0 radical (unpaired) electrons. The SMILES string of the molecule is COS(=O)(=O)[O-].C[N+]12CCCCC1C(CN1C(=O)c3ccccc3C1=O)CCC2. The van der Waals surface area contributed by atoms with Crippen molar-refractivity contribution in [3.05, 3.63) is 35.4 Å². The maximum Gasteiger partial charge on any atom is 0.261 e. The van der Waals surface area contributed by atoms with Crippen molar-refractivity contribution in [3.63, 3.8) is 0 Å². The molecule has 0 saturated carbocycles. The standard InChI is InChI=1S/C19H25N2O2.CH4O4S/c1-21-11-5-4-10-17(21)14(7-6-12-21)13-20-18(22)15-8-2-3-9-16(15)19(20)23;1-5-6(2,3)4/h2-3,8-9,14,17H,4-7,10-13H2,1H3;1H3,(H,2,3,4)/q+1;/p-1. The molecule has 1 aromatic carbocycles. The van der Waals surface area contributed by atoms with E-state index in [-0.39, 0.29) is 11.8 Å². The Hall–Kier alpha value is -1.81. The van der Waals surface area contributed by atoms with Gasteiger partial charge in [-0.05, 0) is 37.8 Å². The molecular weight excluding hydrogens is 396 g/mol. The number of fused-ring (bicyclic) bond motifs is 2. The molecule has 9 heteroatoms. The van der Waals surface area contributed by atoms with Crippen molar-refractivity contribution in [3.8, 4) is 0 Å². The van der Waals surface area contributed by atoms with Crippen LogP contribution in [0.1, 0.15) is 52.8 Å². The minimum Gasteiger partial charge on any atom is -0.726 e. The van der Waals surface area contributed by atoms with E-state index in [1.165, 1.54) is 43.7 Å². The van der Waals surface area contributed by atoms with E-state index in [1.54, 1.807) is 12.1 Å². The first-order chi connectivity index (χ1) is 13.7. The Morgan fingerprint density at radius 3 is 2.17 bits per heavy atom. The lowest BCUT2D eigenvalue weighted by atomic mass is 9.81. The van der Waals surface area contributed by atoms with Crippen molar-refractivity contribution in [2.45, 2.75) is 38.1 Å². The average molecular weight is 425 g/mol. The number of hydrogen-bond acceptors (Lipinski definition) is 6. The Morgan fingerprint density at radius 2 is 1.62 bits per heavy atom. The van der Waals surface area contributed by atoms with Crippen molar-refractivity contribution in [1.82, 2.24) is 4.90 Å². The summed E-state index contributed by atoms with van der Waals surface area (Å²) in [6, 6.07) is 7.84. The van der Waals surface area contributed by atoms with Gasteiger partial charge in [0.15, 0.2) is 0 Å². The number of amides is 2. The van der Waals surface area contributed by atoms with Crippen LogP contribution in [0.5, 0.6) is 0 Å². The van der Waals surface area contributed by atoms with Crippen LogP contribution in [0, 0.1) is 5.92 Å². The molecule has 4 rings (SSSR count). The fraction of sp³-hybridized carbons (Fsp3) is 0.600. The third-order valence-corrected chi connectivity index (χ3v) is 6.92. The number of carbonyl (C=O) groups is 2. The number of nitrogens with zero attached hydrogens (tertiary/aromatic N) is 2. The summed E-state index contributed by atoms with van der Waals surface area (Å²) >= 11 is 0. The zero-order valence-corrected chi connectivity index (χ0v) is 17.7. The van der Waals surface area contributed by atoms with Gasteiger partial charge >= 0.3 is 0 Å². The summed E-state index contributed by atoms with van der Waals surface area (Å²) in [5, 5.41) is 0. The predicted octanol–water partition coefficient (Wildman–Crippen LogP) is 1.78. The highest BCUT2D eigenvalue weighted by Gasteiger charge is 2.46. The molecule has 8 nitrogen and oxygen atoms in total. The molecule has 3 unspecified atom stereocenters. The molecule has 2 fully saturated rings. The summed E-state index contributed by atoms with van der Waals surface area (Å²) in [5.41, 5.74) is 1.16. The van der Waals surface area contributed by atoms with Crippen LogP contribution < -0.4 is 0 Å². The number of hydrogen-bond donors (Lipinski definition) is 0. The van der Waals surface area contributed by atoms with Gasteiger partial charge in [0, 0.05) is 18.9 Å². The fourth-order valence-electron chi connectivity index (χ4n) is 5.09. The van der Waals surface area contributed by atoms with Gasteiger partial charge in [0.25, 0.3) is 11.8 Å². The molecule has 0 spiro atoms. The minimum absolute atomic E-state index is 0.0961. The van der Waals surface area contributed by atoms with Crippen molar-refractivity contribution in [2.75, 3.05) is 33.8 Å². The normalized spacial score (nSPS) is 29.0. The second-order valence-electron chi connectivity index (χ2n) is 8.23. The molecule has 0 aromatic heterocycles. The second kappa shape index (κ2) is 8.51. The van der Waals surface area contributed by atoms with Crippen molar-refractivity contribution < 1.29 is 31.2 Å². The zero-order chi connectivity index (χ0) is 21.2. The summed E-state index contributed by atoms with van der Waals surface area (Å²) in [5.74, 6) is 0.263. The lowest BCUT2D eigenvalue weighted by Gasteiger charge is -2.51. The monoisotopic (exact) mass is 424 g/mol. The molecule has 2 saturated heterocycles. The second-order valence-corrected chi connectivity index (χ2v) is 9.38. The fourth-order valence-corrected chi connectivity index (χ4v) is 5.09. The lowest BCUT2D eigenvalue weighted by Crippen LogP contribution is -2.62. The summed E-state index contributed by atoms with van der Waals surface area (Å²) < 4.78 is 32.2. The van der Waals surface area contributed by atoms with E-state index in [0.717, 1.165) is 18.0 Å². The Kier molecular flexibility index (Phi) is 6.42. The topological polar surface area (TPSA) is 104 Å². The van der Waals surface area contributed by atoms with Crippen LogP contribution >= 0.6 is 0 Å². The van der Waals surface area contributed by atoms with Crippen LogP contribution in [-0.4, -0.2) is 74.0 Å². The molecule has 3 aliphatic rings. The number of rotatable bonds is 3. The van der Waals surface area contributed by atoms with E-state index in [1.807, 2.05) is 12.1 Å². The van der Waals surface area contributed by atoms with Gasteiger partial charge in [0.05, 0.1) is 44.4 Å². The van der Waals surface area contributed by atoms with Gasteiger partial charge in [0.1, 0.15) is 0 Å². The Morgan fingerprint density at radius 1 is 1.07 bits per heavy atom. The molecule has 29 heavy (non-hydrogen) atoms. The zero-order valence-electron chi connectivity index (χ0n) is 16.9. The number of benzene rings is 1. The van der Waals surface area contributed by atoms with E-state index in [9.17, 15) is 22.6 Å². The summed E-state index contributed by atoms with van der Waals surface area (Å²) in [7, 11) is -1.23. The minimum atomic E-state index is -4.41. The van der Waals surface area contributed by atoms with E-state index >= 15 is 0 Å². The van der Waals surface area contributed by atoms with Crippen molar-refractivity contribution >= 4 is 22.2 Å². The predicted molar refractivity (Wildman–Crippen MR) is 105 cm³/mol. The van der Waals surface area contributed by atoms with Crippen LogP contribution in [0.2, 0.25) is 0 Å². The van der Waals surface area contributed by atoms with E-state index in [2.05, 4.69) is 11.2 Å². The number of carbonyl (C=O) groups excluding carboxylic acids is 2. The molecule has 3 atom stereocenters. The van der Waals surface area contributed by atoms with Crippen LogP contribution in [0.3, 0.4) is 0 Å². The van der Waals surface area contributed by atoms with Crippen LogP contribution in [0.4, 0.5) is 0 Å². The number of piperidine rings is 2. The third kappa shape index (κ3) is 4.69. The largest absolute Gasteiger partial charge is 0.726 e. The molecule has 0 aliphatic carbocycles. The first-order valence-electron chi connectivity index (χ1n) is 9.97. The van der Waals surface area contributed by atoms with Gasteiger partial charge in [-0.2, -0.15) is 0 Å². The van der Waals surface area contributed by atoms with E-state index in [0.29, 0.717) is 29.6 Å².